The van der Waals surface area contributed by atoms with Crippen LogP contribution in [0.15, 0.2) is 36.7 Å². The van der Waals surface area contributed by atoms with Crippen molar-refractivity contribution >= 4 is 0 Å². The van der Waals surface area contributed by atoms with Crippen LogP contribution in [0.3, 0.4) is 0 Å². The molecule has 1 atom stereocenters. The zero-order valence-corrected chi connectivity index (χ0v) is 12.8. The Bertz CT molecular complexity index is 603. The lowest BCUT2D eigenvalue weighted by molar-refractivity contribution is 0.0972. The molecule has 5 heteroatoms. The molecular formula is C17H22FN3O. The van der Waals surface area contributed by atoms with E-state index in [-0.39, 0.29) is 5.82 Å². The van der Waals surface area contributed by atoms with Crippen LogP contribution < -0.4 is 0 Å². The number of benzene rings is 1. The largest absolute Gasteiger partial charge is 0.387 e. The minimum Gasteiger partial charge on any atom is -0.387 e. The van der Waals surface area contributed by atoms with Crippen LogP contribution in [0, 0.1) is 5.82 Å². The Balaban J connectivity index is 1.52. The maximum Gasteiger partial charge on any atom is 0.123 e. The van der Waals surface area contributed by atoms with Crippen LogP contribution >= 0.6 is 0 Å². The van der Waals surface area contributed by atoms with Crippen LogP contribution in [0.2, 0.25) is 0 Å². The smallest absolute Gasteiger partial charge is 0.123 e. The van der Waals surface area contributed by atoms with Gasteiger partial charge in [0.1, 0.15) is 5.82 Å². The summed E-state index contributed by atoms with van der Waals surface area (Å²) in [5.74, 6) is 0.293. The van der Waals surface area contributed by atoms with Gasteiger partial charge in [0.2, 0.25) is 0 Å². The Morgan fingerprint density at radius 3 is 2.55 bits per heavy atom. The SMILES string of the molecule is Cn1cc(C2CCN(C[C@H](O)c3ccc(F)cc3)CC2)cn1. The summed E-state index contributed by atoms with van der Waals surface area (Å²) in [6.45, 7) is 2.54. The summed E-state index contributed by atoms with van der Waals surface area (Å²) in [4.78, 5) is 2.28. The minimum atomic E-state index is -0.560. The molecule has 0 spiro atoms. The summed E-state index contributed by atoms with van der Waals surface area (Å²) in [6.07, 6.45) is 5.65. The third-order valence-corrected chi connectivity index (χ3v) is 4.47. The molecule has 118 valence electrons. The van der Waals surface area contributed by atoms with E-state index >= 15 is 0 Å². The van der Waals surface area contributed by atoms with E-state index in [1.54, 1.807) is 12.1 Å². The van der Waals surface area contributed by atoms with Crippen LogP contribution in [0.4, 0.5) is 4.39 Å². The number of aryl methyl sites for hydroxylation is 1. The number of halogens is 1. The van der Waals surface area contributed by atoms with Crippen molar-refractivity contribution in [2.75, 3.05) is 19.6 Å². The van der Waals surface area contributed by atoms with Crippen LogP contribution in [0.5, 0.6) is 0 Å². The standard InChI is InChI=1S/C17H22FN3O/c1-20-11-15(10-19-20)13-6-8-21(9-7-13)12-17(22)14-2-4-16(18)5-3-14/h2-5,10-11,13,17,22H,6-9,12H2,1H3/t17-/m0/s1. The second-order valence-electron chi connectivity index (χ2n) is 6.09. The average Bonchev–Trinajstić information content (AvgIpc) is 2.95. The van der Waals surface area contributed by atoms with Crippen molar-refractivity contribution in [2.45, 2.75) is 24.9 Å². The minimum absolute atomic E-state index is 0.270. The highest BCUT2D eigenvalue weighted by Gasteiger charge is 2.23. The van der Waals surface area contributed by atoms with Gasteiger partial charge in [-0.05, 0) is 55.1 Å². The Morgan fingerprint density at radius 1 is 1.27 bits per heavy atom. The van der Waals surface area contributed by atoms with E-state index in [0.717, 1.165) is 31.5 Å². The predicted octanol–water partition coefficient (Wildman–Crippen LogP) is 2.47. The number of hydrogen-bond donors (Lipinski definition) is 1. The lowest BCUT2D eigenvalue weighted by atomic mass is 9.91. The normalized spacial score (nSPS) is 18.5. The van der Waals surface area contributed by atoms with E-state index < -0.39 is 6.10 Å². The van der Waals surface area contributed by atoms with Crippen molar-refractivity contribution in [1.82, 2.24) is 14.7 Å². The Morgan fingerprint density at radius 2 is 1.95 bits per heavy atom. The summed E-state index contributed by atoms with van der Waals surface area (Å²) in [7, 11) is 1.94. The van der Waals surface area contributed by atoms with E-state index in [2.05, 4.69) is 16.2 Å². The predicted molar refractivity (Wildman–Crippen MR) is 83.0 cm³/mol. The van der Waals surface area contributed by atoms with Crippen molar-refractivity contribution in [3.05, 3.63) is 53.6 Å². The number of rotatable bonds is 4. The molecule has 2 aromatic rings. The topological polar surface area (TPSA) is 41.3 Å². The molecule has 0 saturated carbocycles. The monoisotopic (exact) mass is 303 g/mol. The highest BCUT2D eigenvalue weighted by atomic mass is 19.1. The first kappa shape index (κ1) is 15.2. The molecule has 0 radical (unpaired) electrons. The Labute approximate surface area is 130 Å². The van der Waals surface area contributed by atoms with Crippen LogP contribution in [0.25, 0.3) is 0 Å². The van der Waals surface area contributed by atoms with E-state index in [0.29, 0.717) is 12.5 Å². The molecule has 1 aliphatic heterocycles. The highest BCUT2D eigenvalue weighted by molar-refractivity contribution is 5.19. The summed E-state index contributed by atoms with van der Waals surface area (Å²) in [6, 6.07) is 6.10. The van der Waals surface area contributed by atoms with Gasteiger partial charge in [-0.25, -0.2) is 4.39 Å². The van der Waals surface area contributed by atoms with Crippen molar-refractivity contribution in [1.29, 1.82) is 0 Å². The molecule has 1 aliphatic rings. The fourth-order valence-corrected chi connectivity index (χ4v) is 3.13. The van der Waals surface area contributed by atoms with E-state index in [4.69, 9.17) is 0 Å². The van der Waals surface area contributed by atoms with Crippen LogP contribution in [0.1, 0.15) is 36.0 Å². The van der Waals surface area contributed by atoms with Crippen LogP contribution in [-0.4, -0.2) is 39.4 Å². The van der Waals surface area contributed by atoms with Gasteiger partial charge in [-0.15, -0.1) is 0 Å². The van der Waals surface area contributed by atoms with E-state index in [1.165, 1.54) is 17.7 Å². The fraction of sp³-hybridized carbons (Fsp3) is 0.471. The zero-order valence-electron chi connectivity index (χ0n) is 12.8. The van der Waals surface area contributed by atoms with Gasteiger partial charge < -0.3 is 10.0 Å². The molecule has 1 N–H and O–H groups in total. The number of likely N-dealkylation sites (tertiary alicyclic amines) is 1. The maximum absolute atomic E-state index is 12.9. The van der Waals surface area contributed by atoms with Gasteiger partial charge in [-0.2, -0.15) is 5.10 Å². The molecular weight excluding hydrogens is 281 g/mol. The first-order valence-electron chi connectivity index (χ1n) is 7.76. The van der Waals surface area contributed by atoms with Crippen molar-refractivity contribution in [3.8, 4) is 0 Å². The molecule has 1 saturated heterocycles. The molecule has 0 bridgehead atoms. The van der Waals surface area contributed by atoms with Gasteiger partial charge in [0, 0.05) is 19.8 Å². The first-order valence-corrected chi connectivity index (χ1v) is 7.76. The lowest BCUT2D eigenvalue weighted by Gasteiger charge is -2.32. The molecule has 1 aromatic heterocycles. The van der Waals surface area contributed by atoms with Crippen molar-refractivity contribution in [2.24, 2.45) is 7.05 Å². The molecule has 0 amide bonds. The lowest BCUT2D eigenvalue weighted by Crippen LogP contribution is -2.36. The van der Waals surface area contributed by atoms with Crippen molar-refractivity contribution < 1.29 is 9.50 Å². The molecule has 3 rings (SSSR count). The fourth-order valence-electron chi connectivity index (χ4n) is 3.13. The van der Waals surface area contributed by atoms with Gasteiger partial charge in [0.25, 0.3) is 0 Å². The number of β-amino-alcohol motifs (C(OH)–C–C–N with tert-alkyl or cyclic N) is 1. The number of aliphatic hydroxyl groups excluding tert-OH is 1. The average molecular weight is 303 g/mol. The summed E-state index contributed by atoms with van der Waals surface area (Å²) >= 11 is 0. The van der Waals surface area contributed by atoms with Gasteiger partial charge in [-0.1, -0.05) is 12.1 Å². The summed E-state index contributed by atoms with van der Waals surface area (Å²) in [5.41, 5.74) is 2.08. The summed E-state index contributed by atoms with van der Waals surface area (Å²) < 4.78 is 14.8. The van der Waals surface area contributed by atoms with Crippen molar-refractivity contribution in [3.63, 3.8) is 0 Å². The second kappa shape index (κ2) is 6.58. The third kappa shape index (κ3) is 3.54. The van der Waals surface area contributed by atoms with Crippen LogP contribution in [-0.2, 0) is 7.05 Å². The first-order chi connectivity index (χ1) is 10.6. The quantitative estimate of drug-likeness (QED) is 0.943. The van der Waals surface area contributed by atoms with Gasteiger partial charge in [-0.3, -0.25) is 4.68 Å². The number of aromatic nitrogens is 2. The van der Waals surface area contributed by atoms with Gasteiger partial charge >= 0.3 is 0 Å². The number of piperidine rings is 1. The van der Waals surface area contributed by atoms with E-state index in [9.17, 15) is 9.50 Å². The number of aliphatic hydroxyl groups is 1. The van der Waals surface area contributed by atoms with Gasteiger partial charge in [0.05, 0.1) is 12.3 Å². The molecule has 1 fully saturated rings. The highest BCUT2D eigenvalue weighted by Crippen LogP contribution is 2.28. The zero-order chi connectivity index (χ0) is 15.5. The number of nitrogens with zero attached hydrogens (tertiary/aromatic N) is 3. The molecule has 0 unspecified atom stereocenters. The maximum atomic E-state index is 12.9. The molecule has 0 aliphatic carbocycles. The number of hydrogen-bond acceptors (Lipinski definition) is 3. The second-order valence-corrected chi connectivity index (χ2v) is 6.09. The summed E-state index contributed by atoms with van der Waals surface area (Å²) in [5, 5.41) is 14.5. The molecule has 1 aromatic carbocycles. The Kier molecular flexibility index (Phi) is 4.55. The molecule has 2 heterocycles. The molecule has 22 heavy (non-hydrogen) atoms. The van der Waals surface area contributed by atoms with Gasteiger partial charge in [0.15, 0.2) is 0 Å². The van der Waals surface area contributed by atoms with E-state index in [1.807, 2.05) is 17.9 Å². The third-order valence-electron chi connectivity index (χ3n) is 4.47. The Hall–Kier alpha value is -1.72. The molecule has 4 nitrogen and oxygen atoms in total.